The number of carbonyl (C=O) groups is 1. The van der Waals surface area contributed by atoms with Gasteiger partial charge in [-0.05, 0) is 31.9 Å². The van der Waals surface area contributed by atoms with Gasteiger partial charge in [-0.3, -0.25) is 4.79 Å². The summed E-state index contributed by atoms with van der Waals surface area (Å²) in [7, 11) is 0. The molecule has 0 spiro atoms. The molecule has 1 saturated carbocycles. The first kappa shape index (κ1) is 16.6. The number of rotatable bonds is 6. The van der Waals surface area contributed by atoms with Gasteiger partial charge in [-0.1, -0.05) is 18.0 Å². The first-order valence-corrected chi connectivity index (χ1v) is 8.91. The van der Waals surface area contributed by atoms with E-state index in [1.54, 1.807) is 18.4 Å². The number of hydrogen-bond donors (Lipinski definition) is 1. The SMILES string of the molecule is Cc1cnn(C2CCCC2)c1NC(=O)CCc1nc(-c2ccco2)no1. The molecule has 3 aromatic heterocycles. The summed E-state index contributed by atoms with van der Waals surface area (Å²) in [5, 5.41) is 11.3. The van der Waals surface area contributed by atoms with E-state index in [2.05, 4.69) is 20.6 Å². The van der Waals surface area contributed by atoms with Gasteiger partial charge in [-0.15, -0.1) is 0 Å². The Morgan fingerprint density at radius 1 is 1.38 bits per heavy atom. The van der Waals surface area contributed by atoms with Crippen molar-refractivity contribution in [3.63, 3.8) is 0 Å². The van der Waals surface area contributed by atoms with Crippen LogP contribution in [-0.2, 0) is 11.2 Å². The van der Waals surface area contributed by atoms with Crippen LogP contribution in [0.25, 0.3) is 11.6 Å². The molecule has 0 aromatic carbocycles. The highest BCUT2D eigenvalue weighted by atomic mass is 16.5. The summed E-state index contributed by atoms with van der Waals surface area (Å²) in [6.07, 6.45) is 8.64. The van der Waals surface area contributed by atoms with Gasteiger partial charge < -0.3 is 14.3 Å². The van der Waals surface area contributed by atoms with Crippen LogP contribution in [0.15, 0.2) is 33.5 Å². The third-order valence-corrected chi connectivity index (χ3v) is 4.68. The molecule has 8 nitrogen and oxygen atoms in total. The standard InChI is InChI=1S/C18H21N5O3/c1-12-11-19-23(13-5-2-3-6-13)18(12)20-15(24)8-9-16-21-17(22-26-16)14-7-4-10-25-14/h4,7,10-11,13H,2-3,5-6,8-9H2,1H3,(H,20,24). The van der Waals surface area contributed by atoms with Crippen molar-refractivity contribution in [2.24, 2.45) is 0 Å². The number of nitrogens with zero attached hydrogens (tertiary/aromatic N) is 4. The number of aromatic nitrogens is 4. The number of carbonyl (C=O) groups excluding carboxylic acids is 1. The van der Waals surface area contributed by atoms with Crippen LogP contribution in [0.5, 0.6) is 0 Å². The summed E-state index contributed by atoms with van der Waals surface area (Å²) in [4.78, 5) is 16.6. The first-order valence-electron chi connectivity index (χ1n) is 8.91. The van der Waals surface area contributed by atoms with Crippen molar-refractivity contribution in [2.75, 3.05) is 5.32 Å². The fraction of sp³-hybridized carbons (Fsp3) is 0.444. The van der Waals surface area contributed by atoms with Gasteiger partial charge in [0.25, 0.3) is 0 Å². The van der Waals surface area contributed by atoms with Crippen LogP contribution in [0.2, 0.25) is 0 Å². The lowest BCUT2D eigenvalue weighted by Crippen LogP contribution is -2.18. The second-order valence-electron chi connectivity index (χ2n) is 6.60. The van der Waals surface area contributed by atoms with Crippen LogP contribution < -0.4 is 5.32 Å². The molecule has 1 fully saturated rings. The molecule has 1 aliphatic carbocycles. The molecule has 0 unspecified atom stereocenters. The summed E-state index contributed by atoms with van der Waals surface area (Å²) < 4.78 is 12.4. The van der Waals surface area contributed by atoms with E-state index in [9.17, 15) is 4.79 Å². The highest BCUT2D eigenvalue weighted by Crippen LogP contribution is 2.32. The first-order chi connectivity index (χ1) is 12.7. The third-order valence-electron chi connectivity index (χ3n) is 4.68. The molecule has 3 aromatic rings. The average molecular weight is 355 g/mol. The van der Waals surface area contributed by atoms with E-state index in [1.807, 2.05) is 17.8 Å². The highest BCUT2D eigenvalue weighted by molar-refractivity contribution is 5.90. The maximum Gasteiger partial charge on any atom is 0.238 e. The minimum Gasteiger partial charge on any atom is -0.461 e. The van der Waals surface area contributed by atoms with E-state index in [1.165, 1.54) is 12.8 Å². The Labute approximate surface area is 150 Å². The van der Waals surface area contributed by atoms with Crippen molar-refractivity contribution in [2.45, 2.75) is 51.5 Å². The lowest BCUT2D eigenvalue weighted by Gasteiger charge is -2.15. The van der Waals surface area contributed by atoms with E-state index in [-0.39, 0.29) is 12.3 Å². The summed E-state index contributed by atoms with van der Waals surface area (Å²) in [5.74, 6) is 2.04. The third kappa shape index (κ3) is 3.40. The normalized spacial score (nSPS) is 14.8. The molecule has 0 saturated heterocycles. The Morgan fingerprint density at radius 2 is 2.23 bits per heavy atom. The van der Waals surface area contributed by atoms with Crippen molar-refractivity contribution in [1.29, 1.82) is 0 Å². The van der Waals surface area contributed by atoms with Gasteiger partial charge in [-0.2, -0.15) is 10.1 Å². The largest absolute Gasteiger partial charge is 0.461 e. The van der Waals surface area contributed by atoms with Crippen molar-refractivity contribution in [1.82, 2.24) is 19.9 Å². The van der Waals surface area contributed by atoms with Crippen LogP contribution in [0.3, 0.4) is 0 Å². The minimum absolute atomic E-state index is 0.0920. The van der Waals surface area contributed by atoms with Gasteiger partial charge in [0, 0.05) is 18.4 Å². The molecular weight excluding hydrogens is 334 g/mol. The number of hydrogen-bond acceptors (Lipinski definition) is 6. The Balaban J connectivity index is 1.37. The fourth-order valence-electron chi connectivity index (χ4n) is 3.31. The molecule has 136 valence electrons. The van der Waals surface area contributed by atoms with Crippen LogP contribution in [-0.4, -0.2) is 25.8 Å². The van der Waals surface area contributed by atoms with Crippen molar-refractivity contribution in [3.8, 4) is 11.6 Å². The van der Waals surface area contributed by atoms with E-state index in [4.69, 9.17) is 8.94 Å². The van der Waals surface area contributed by atoms with E-state index in [0.29, 0.717) is 29.9 Å². The number of aryl methyl sites for hydroxylation is 2. The van der Waals surface area contributed by atoms with E-state index >= 15 is 0 Å². The monoisotopic (exact) mass is 355 g/mol. The molecule has 1 aliphatic rings. The second-order valence-corrected chi connectivity index (χ2v) is 6.60. The van der Waals surface area contributed by atoms with Gasteiger partial charge in [0.15, 0.2) is 5.76 Å². The Hall–Kier alpha value is -2.90. The molecule has 0 aliphatic heterocycles. The summed E-state index contributed by atoms with van der Waals surface area (Å²) in [5.41, 5.74) is 0.975. The predicted molar refractivity (Wildman–Crippen MR) is 93.4 cm³/mol. The van der Waals surface area contributed by atoms with Crippen LogP contribution >= 0.6 is 0 Å². The fourth-order valence-corrected chi connectivity index (χ4v) is 3.31. The zero-order valence-electron chi connectivity index (χ0n) is 14.6. The van der Waals surface area contributed by atoms with Crippen molar-refractivity contribution < 1.29 is 13.7 Å². The van der Waals surface area contributed by atoms with Crippen LogP contribution in [0.4, 0.5) is 5.82 Å². The Bertz CT molecular complexity index is 875. The predicted octanol–water partition coefficient (Wildman–Crippen LogP) is 3.52. The Morgan fingerprint density at radius 3 is 3.00 bits per heavy atom. The van der Waals surface area contributed by atoms with Crippen molar-refractivity contribution >= 4 is 11.7 Å². The minimum atomic E-state index is -0.0920. The maximum absolute atomic E-state index is 12.4. The van der Waals surface area contributed by atoms with Gasteiger partial charge >= 0.3 is 0 Å². The van der Waals surface area contributed by atoms with E-state index in [0.717, 1.165) is 24.2 Å². The quantitative estimate of drug-likeness (QED) is 0.726. The molecule has 0 bridgehead atoms. The van der Waals surface area contributed by atoms with Gasteiger partial charge in [-0.25, -0.2) is 4.68 Å². The summed E-state index contributed by atoms with van der Waals surface area (Å²) in [6, 6.07) is 3.90. The van der Waals surface area contributed by atoms with Gasteiger partial charge in [0.05, 0.1) is 18.5 Å². The summed E-state index contributed by atoms with van der Waals surface area (Å²) in [6.45, 7) is 1.96. The summed E-state index contributed by atoms with van der Waals surface area (Å²) >= 11 is 0. The molecule has 1 N–H and O–H groups in total. The smallest absolute Gasteiger partial charge is 0.238 e. The number of anilines is 1. The molecular formula is C18H21N5O3. The highest BCUT2D eigenvalue weighted by Gasteiger charge is 2.22. The Kier molecular flexibility index (Phi) is 4.55. The molecule has 4 rings (SSSR count). The lowest BCUT2D eigenvalue weighted by atomic mass is 10.2. The second kappa shape index (κ2) is 7.15. The molecule has 8 heteroatoms. The molecule has 1 amide bonds. The van der Waals surface area contributed by atoms with Crippen LogP contribution in [0, 0.1) is 6.92 Å². The van der Waals surface area contributed by atoms with Crippen molar-refractivity contribution in [3.05, 3.63) is 36.0 Å². The molecule has 26 heavy (non-hydrogen) atoms. The van der Waals surface area contributed by atoms with Gasteiger partial charge in [0.2, 0.25) is 17.6 Å². The number of nitrogens with one attached hydrogen (secondary N) is 1. The molecule has 0 radical (unpaired) electrons. The molecule has 3 heterocycles. The topological polar surface area (TPSA) is 99.0 Å². The number of furan rings is 1. The van der Waals surface area contributed by atoms with Crippen LogP contribution in [0.1, 0.15) is 49.6 Å². The zero-order valence-corrected chi connectivity index (χ0v) is 14.6. The molecule has 0 atom stereocenters. The van der Waals surface area contributed by atoms with Gasteiger partial charge in [0.1, 0.15) is 5.82 Å². The number of amides is 1. The average Bonchev–Trinajstić information content (AvgIpc) is 3.41. The van der Waals surface area contributed by atoms with E-state index < -0.39 is 0 Å². The lowest BCUT2D eigenvalue weighted by molar-refractivity contribution is -0.116. The maximum atomic E-state index is 12.4. The zero-order chi connectivity index (χ0) is 17.9.